The van der Waals surface area contributed by atoms with E-state index in [9.17, 15) is 14.4 Å². The molecule has 0 saturated heterocycles. The largest absolute Gasteiger partial charge is 0.381 e. The number of carbonyl (C=O) groups is 3. The fraction of sp³-hybridized carbons (Fsp3) is 0.294. The molecule has 1 aromatic heterocycles. The number of aromatic nitrogens is 2. The zero-order valence-electron chi connectivity index (χ0n) is 13.1. The van der Waals surface area contributed by atoms with Crippen LogP contribution in [0.15, 0.2) is 30.5 Å². The van der Waals surface area contributed by atoms with Gasteiger partial charge in [-0.25, -0.2) is 9.78 Å². The average Bonchev–Trinajstić information content (AvgIpc) is 3.12. The van der Waals surface area contributed by atoms with Crippen molar-refractivity contribution in [1.82, 2.24) is 14.6 Å². The highest BCUT2D eigenvalue weighted by atomic mass is 16.7. The predicted molar refractivity (Wildman–Crippen MR) is 82.2 cm³/mol. The summed E-state index contributed by atoms with van der Waals surface area (Å²) in [6, 6.07) is 6.51. The summed E-state index contributed by atoms with van der Waals surface area (Å²) >= 11 is 0. The number of hydrogen-bond donors (Lipinski definition) is 0. The Morgan fingerprint density at radius 2 is 1.88 bits per heavy atom. The number of carbonyl (C=O) groups excluding carboxylic acids is 3. The molecule has 2 amide bonds. The summed E-state index contributed by atoms with van der Waals surface area (Å²) in [5.74, 6) is -1.19. The third kappa shape index (κ3) is 2.05. The fourth-order valence-electron chi connectivity index (χ4n) is 3.29. The minimum atomic E-state index is -0.753. The van der Waals surface area contributed by atoms with Gasteiger partial charge >= 0.3 is 5.97 Å². The first kappa shape index (κ1) is 14.6. The maximum absolute atomic E-state index is 12.5. The Hall–Kier alpha value is -2.96. The van der Waals surface area contributed by atoms with Crippen LogP contribution in [-0.4, -0.2) is 32.4 Å². The average molecular weight is 325 g/mol. The predicted octanol–water partition coefficient (Wildman–Crippen LogP) is 2.15. The Bertz CT molecular complexity index is 835. The lowest BCUT2D eigenvalue weighted by Crippen LogP contribution is -2.33. The lowest BCUT2D eigenvalue weighted by atomic mass is 10.1. The van der Waals surface area contributed by atoms with Crippen LogP contribution in [0.4, 0.5) is 0 Å². The molecule has 0 fully saturated rings. The zero-order valence-corrected chi connectivity index (χ0v) is 13.1. The normalized spacial score (nSPS) is 19.2. The SMILES string of the molecule is CC1CCCc2ncc(C(=O)ON3C(=O)c4ccccc4C3=O)n21. The molecular weight excluding hydrogens is 310 g/mol. The molecule has 4 rings (SSSR count). The van der Waals surface area contributed by atoms with Gasteiger partial charge in [-0.3, -0.25) is 9.59 Å². The molecule has 24 heavy (non-hydrogen) atoms. The summed E-state index contributed by atoms with van der Waals surface area (Å²) in [5, 5.41) is 0.528. The Morgan fingerprint density at radius 3 is 2.54 bits per heavy atom. The number of benzene rings is 1. The molecule has 0 bridgehead atoms. The number of hydroxylamine groups is 2. The van der Waals surface area contributed by atoms with Crippen LogP contribution < -0.4 is 0 Å². The second-order valence-electron chi connectivity index (χ2n) is 6.00. The van der Waals surface area contributed by atoms with E-state index in [1.807, 2.05) is 11.5 Å². The van der Waals surface area contributed by atoms with Crippen LogP contribution in [0.2, 0.25) is 0 Å². The van der Waals surface area contributed by atoms with E-state index in [-0.39, 0.29) is 22.9 Å². The molecule has 0 saturated carbocycles. The molecule has 0 N–H and O–H groups in total. The van der Waals surface area contributed by atoms with Gasteiger partial charge in [-0.2, -0.15) is 0 Å². The molecule has 122 valence electrons. The molecule has 3 heterocycles. The summed E-state index contributed by atoms with van der Waals surface area (Å²) in [4.78, 5) is 46.4. The highest BCUT2D eigenvalue weighted by molar-refractivity contribution is 6.21. The van der Waals surface area contributed by atoms with Crippen molar-refractivity contribution in [2.24, 2.45) is 0 Å². The van der Waals surface area contributed by atoms with E-state index in [4.69, 9.17) is 4.84 Å². The van der Waals surface area contributed by atoms with Crippen LogP contribution in [0, 0.1) is 0 Å². The molecule has 1 atom stereocenters. The van der Waals surface area contributed by atoms with Crippen molar-refractivity contribution < 1.29 is 19.2 Å². The number of rotatable bonds is 2. The highest BCUT2D eigenvalue weighted by Crippen LogP contribution is 2.27. The Labute approximate surface area is 137 Å². The molecule has 1 aromatic carbocycles. The third-order valence-corrected chi connectivity index (χ3v) is 4.48. The first-order valence-electron chi connectivity index (χ1n) is 7.84. The van der Waals surface area contributed by atoms with E-state index < -0.39 is 17.8 Å². The summed E-state index contributed by atoms with van der Waals surface area (Å²) in [6.45, 7) is 2.00. The van der Waals surface area contributed by atoms with Crippen LogP contribution in [0.1, 0.15) is 62.8 Å². The molecule has 7 nitrogen and oxygen atoms in total. The third-order valence-electron chi connectivity index (χ3n) is 4.48. The Morgan fingerprint density at radius 1 is 1.21 bits per heavy atom. The van der Waals surface area contributed by atoms with Gasteiger partial charge in [0.1, 0.15) is 11.5 Å². The van der Waals surface area contributed by atoms with Gasteiger partial charge in [0.2, 0.25) is 0 Å². The number of fused-ring (bicyclic) bond motifs is 2. The minimum absolute atomic E-state index is 0.126. The second kappa shape index (κ2) is 5.30. The number of amides is 2. The van der Waals surface area contributed by atoms with E-state index in [2.05, 4.69) is 4.98 Å². The summed E-state index contributed by atoms with van der Waals surface area (Å²) in [5.41, 5.74) is 0.728. The van der Waals surface area contributed by atoms with Crippen molar-refractivity contribution in [1.29, 1.82) is 0 Å². The van der Waals surface area contributed by atoms with Crippen molar-refractivity contribution in [2.45, 2.75) is 32.2 Å². The molecule has 0 aliphatic carbocycles. The topological polar surface area (TPSA) is 81.5 Å². The van der Waals surface area contributed by atoms with Crippen LogP contribution in [0.25, 0.3) is 0 Å². The molecule has 7 heteroatoms. The molecule has 2 aliphatic heterocycles. The number of aryl methyl sites for hydroxylation is 1. The maximum atomic E-state index is 12.5. The fourth-order valence-corrected chi connectivity index (χ4v) is 3.29. The Kier molecular flexibility index (Phi) is 3.23. The molecule has 0 radical (unpaired) electrons. The highest BCUT2D eigenvalue weighted by Gasteiger charge is 2.39. The summed E-state index contributed by atoms with van der Waals surface area (Å²) < 4.78 is 1.82. The van der Waals surface area contributed by atoms with E-state index in [1.165, 1.54) is 18.3 Å². The van der Waals surface area contributed by atoms with Gasteiger partial charge in [0.25, 0.3) is 11.8 Å². The van der Waals surface area contributed by atoms with Crippen molar-refractivity contribution >= 4 is 17.8 Å². The molecule has 2 aromatic rings. The molecule has 2 aliphatic rings. The number of imide groups is 1. The smallest absolute Gasteiger partial charge is 0.323 e. The van der Waals surface area contributed by atoms with Gasteiger partial charge in [0, 0.05) is 12.5 Å². The van der Waals surface area contributed by atoms with E-state index in [0.29, 0.717) is 5.06 Å². The number of imidazole rings is 1. The summed E-state index contributed by atoms with van der Waals surface area (Å²) in [6.07, 6.45) is 4.20. The lowest BCUT2D eigenvalue weighted by Gasteiger charge is -2.23. The van der Waals surface area contributed by atoms with Gasteiger partial charge in [0.05, 0.1) is 17.3 Å². The van der Waals surface area contributed by atoms with Gasteiger partial charge in [-0.1, -0.05) is 17.2 Å². The maximum Gasteiger partial charge on any atom is 0.381 e. The van der Waals surface area contributed by atoms with Crippen LogP contribution >= 0.6 is 0 Å². The van der Waals surface area contributed by atoms with Crippen LogP contribution in [-0.2, 0) is 11.3 Å². The van der Waals surface area contributed by atoms with Gasteiger partial charge in [-0.05, 0) is 31.9 Å². The zero-order chi connectivity index (χ0) is 16.8. The van der Waals surface area contributed by atoms with E-state index in [0.717, 1.165) is 25.1 Å². The minimum Gasteiger partial charge on any atom is -0.323 e. The van der Waals surface area contributed by atoms with Gasteiger partial charge in [0.15, 0.2) is 0 Å². The van der Waals surface area contributed by atoms with E-state index in [1.54, 1.807) is 12.1 Å². The second-order valence-corrected chi connectivity index (χ2v) is 6.00. The van der Waals surface area contributed by atoms with Gasteiger partial charge < -0.3 is 9.40 Å². The molecule has 0 spiro atoms. The first-order chi connectivity index (χ1) is 11.6. The summed E-state index contributed by atoms with van der Waals surface area (Å²) in [7, 11) is 0. The first-order valence-corrected chi connectivity index (χ1v) is 7.84. The quantitative estimate of drug-likeness (QED) is 0.790. The van der Waals surface area contributed by atoms with Crippen LogP contribution in [0.3, 0.4) is 0 Å². The van der Waals surface area contributed by atoms with Crippen molar-refractivity contribution in [3.8, 4) is 0 Å². The Balaban J connectivity index is 1.61. The van der Waals surface area contributed by atoms with Gasteiger partial charge in [-0.15, -0.1) is 0 Å². The van der Waals surface area contributed by atoms with Crippen molar-refractivity contribution in [3.05, 3.63) is 53.1 Å². The number of nitrogens with zero attached hydrogens (tertiary/aromatic N) is 3. The molecular formula is C17H15N3O4. The molecule has 1 unspecified atom stereocenters. The lowest BCUT2D eigenvalue weighted by molar-refractivity contribution is -0.0592. The van der Waals surface area contributed by atoms with Crippen molar-refractivity contribution in [2.75, 3.05) is 0 Å². The standard InChI is InChI=1S/C17H15N3O4/c1-10-5-4-8-14-18-9-13(19(10)14)17(23)24-20-15(21)11-6-2-3-7-12(11)16(20)22/h2-3,6-7,9-10H,4-5,8H2,1H3. The van der Waals surface area contributed by atoms with E-state index >= 15 is 0 Å². The van der Waals surface area contributed by atoms with Crippen LogP contribution in [0.5, 0.6) is 0 Å². The monoisotopic (exact) mass is 325 g/mol. The number of hydrogen-bond acceptors (Lipinski definition) is 5. The van der Waals surface area contributed by atoms with Crippen molar-refractivity contribution in [3.63, 3.8) is 0 Å².